The van der Waals surface area contributed by atoms with E-state index >= 15 is 0 Å². The van der Waals surface area contributed by atoms with Crippen molar-refractivity contribution in [2.45, 2.75) is 66.0 Å². The minimum Gasteiger partial charge on any atom is -0.311 e. The Morgan fingerprint density at radius 1 is 0.929 bits per heavy atom. The van der Waals surface area contributed by atoms with Gasteiger partial charge in [-0.3, -0.25) is 0 Å². The maximum atomic E-state index is 3.78. The summed E-state index contributed by atoms with van der Waals surface area (Å²) in [4.78, 5) is 0. The van der Waals surface area contributed by atoms with Crippen LogP contribution in [0.5, 0.6) is 0 Å². The van der Waals surface area contributed by atoms with Crippen molar-refractivity contribution in [1.29, 1.82) is 0 Å². The van der Waals surface area contributed by atoms with Gasteiger partial charge < -0.3 is 5.32 Å². The molecular formula is C13H27N. The quantitative estimate of drug-likeness (QED) is 0.731. The van der Waals surface area contributed by atoms with Crippen molar-refractivity contribution >= 4 is 0 Å². The summed E-state index contributed by atoms with van der Waals surface area (Å²) >= 11 is 0. The summed E-state index contributed by atoms with van der Waals surface area (Å²) in [7, 11) is 0. The van der Waals surface area contributed by atoms with E-state index in [0.29, 0.717) is 6.04 Å². The summed E-state index contributed by atoms with van der Waals surface area (Å²) in [5.41, 5.74) is 0. The Bertz CT molecular complexity index is 155. The molecule has 0 aromatic heterocycles. The van der Waals surface area contributed by atoms with Gasteiger partial charge in [0.05, 0.1) is 0 Å². The number of hydrogen-bond acceptors (Lipinski definition) is 1. The monoisotopic (exact) mass is 197 g/mol. The Kier molecular flexibility index (Phi) is 4.43. The molecule has 0 heterocycles. The fourth-order valence-corrected chi connectivity index (χ4v) is 2.65. The van der Waals surface area contributed by atoms with Crippen molar-refractivity contribution in [2.75, 3.05) is 0 Å². The molecule has 1 fully saturated rings. The number of nitrogens with one attached hydrogen (secondary N) is 1. The van der Waals surface area contributed by atoms with Crippen LogP contribution in [-0.4, -0.2) is 12.1 Å². The molecule has 1 aliphatic carbocycles. The molecule has 1 saturated carbocycles. The Morgan fingerprint density at radius 2 is 1.43 bits per heavy atom. The molecular weight excluding hydrogens is 170 g/mol. The zero-order valence-electron chi connectivity index (χ0n) is 10.5. The molecule has 0 saturated heterocycles. The van der Waals surface area contributed by atoms with Gasteiger partial charge in [-0.1, -0.05) is 27.7 Å². The first-order valence-electron chi connectivity index (χ1n) is 6.25. The highest BCUT2D eigenvalue weighted by Gasteiger charge is 2.25. The van der Waals surface area contributed by atoms with Gasteiger partial charge in [0.1, 0.15) is 0 Å². The average Bonchev–Trinajstić information content (AvgIpc) is 2.01. The predicted octanol–water partition coefficient (Wildman–Crippen LogP) is 3.45. The SMILES string of the molecule is CC(C)[C@H](C)NC1C[C@@H](C)C[C@@H](C)C1. The summed E-state index contributed by atoms with van der Waals surface area (Å²) in [5, 5.41) is 3.78. The third-order valence-corrected chi connectivity index (χ3v) is 3.68. The van der Waals surface area contributed by atoms with Gasteiger partial charge in [-0.05, 0) is 43.9 Å². The molecule has 0 amide bonds. The molecule has 14 heavy (non-hydrogen) atoms. The average molecular weight is 197 g/mol. The van der Waals surface area contributed by atoms with Crippen molar-refractivity contribution in [2.24, 2.45) is 17.8 Å². The molecule has 1 unspecified atom stereocenters. The lowest BCUT2D eigenvalue weighted by atomic mass is 9.80. The summed E-state index contributed by atoms with van der Waals surface area (Å²) in [5.74, 6) is 2.58. The van der Waals surface area contributed by atoms with E-state index in [1.807, 2.05) is 0 Å². The first kappa shape index (κ1) is 12.0. The molecule has 1 rings (SSSR count). The van der Waals surface area contributed by atoms with Crippen molar-refractivity contribution in [3.63, 3.8) is 0 Å². The second kappa shape index (κ2) is 5.16. The topological polar surface area (TPSA) is 12.0 Å². The molecule has 4 atom stereocenters. The number of hydrogen-bond donors (Lipinski definition) is 1. The van der Waals surface area contributed by atoms with Gasteiger partial charge in [-0.15, -0.1) is 0 Å². The van der Waals surface area contributed by atoms with Gasteiger partial charge in [0.25, 0.3) is 0 Å². The van der Waals surface area contributed by atoms with Gasteiger partial charge >= 0.3 is 0 Å². The van der Waals surface area contributed by atoms with Crippen LogP contribution in [0, 0.1) is 17.8 Å². The molecule has 0 aromatic rings. The Morgan fingerprint density at radius 3 is 1.86 bits per heavy atom. The van der Waals surface area contributed by atoms with Gasteiger partial charge in [0.2, 0.25) is 0 Å². The van der Waals surface area contributed by atoms with Crippen molar-refractivity contribution in [1.82, 2.24) is 5.32 Å². The highest BCUT2D eigenvalue weighted by molar-refractivity contribution is 4.82. The van der Waals surface area contributed by atoms with Gasteiger partial charge in [-0.2, -0.15) is 0 Å². The molecule has 84 valence electrons. The third kappa shape index (κ3) is 3.61. The molecule has 1 heteroatoms. The summed E-state index contributed by atoms with van der Waals surface area (Å²) < 4.78 is 0. The van der Waals surface area contributed by atoms with Crippen LogP contribution in [0.4, 0.5) is 0 Å². The van der Waals surface area contributed by atoms with E-state index in [0.717, 1.165) is 23.8 Å². The lowest BCUT2D eigenvalue weighted by Gasteiger charge is -2.34. The predicted molar refractivity (Wildman–Crippen MR) is 63.4 cm³/mol. The molecule has 1 nitrogen and oxygen atoms in total. The van der Waals surface area contributed by atoms with Crippen molar-refractivity contribution in [3.05, 3.63) is 0 Å². The van der Waals surface area contributed by atoms with E-state index in [-0.39, 0.29) is 0 Å². The molecule has 0 aliphatic heterocycles. The molecule has 0 radical (unpaired) electrons. The van der Waals surface area contributed by atoms with Crippen LogP contribution in [0.25, 0.3) is 0 Å². The Labute approximate surface area is 89.7 Å². The maximum absolute atomic E-state index is 3.78. The first-order valence-corrected chi connectivity index (χ1v) is 6.25. The number of rotatable bonds is 3. The van der Waals surface area contributed by atoms with Crippen LogP contribution in [0.1, 0.15) is 53.9 Å². The Balaban J connectivity index is 2.36. The first-order chi connectivity index (χ1) is 6.49. The van der Waals surface area contributed by atoms with Gasteiger partial charge in [-0.25, -0.2) is 0 Å². The van der Waals surface area contributed by atoms with E-state index in [9.17, 15) is 0 Å². The van der Waals surface area contributed by atoms with E-state index < -0.39 is 0 Å². The lowest BCUT2D eigenvalue weighted by molar-refractivity contribution is 0.217. The van der Waals surface area contributed by atoms with Gasteiger partial charge in [0, 0.05) is 12.1 Å². The largest absolute Gasteiger partial charge is 0.311 e. The van der Waals surface area contributed by atoms with Crippen LogP contribution >= 0.6 is 0 Å². The van der Waals surface area contributed by atoms with E-state index in [2.05, 4.69) is 39.9 Å². The standard InChI is InChI=1S/C13H27N/c1-9(2)12(5)14-13-7-10(3)6-11(4)8-13/h9-14H,6-8H2,1-5H3/t10-,11+,12-,13?/m0/s1. The second-order valence-electron chi connectivity index (χ2n) is 5.81. The zero-order valence-corrected chi connectivity index (χ0v) is 10.5. The minimum atomic E-state index is 0.664. The minimum absolute atomic E-state index is 0.664. The van der Waals surface area contributed by atoms with Crippen LogP contribution in [-0.2, 0) is 0 Å². The summed E-state index contributed by atoms with van der Waals surface area (Å²) in [6, 6.07) is 1.43. The van der Waals surface area contributed by atoms with Crippen molar-refractivity contribution < 1.29 is 0 Å². The van der Waals surface area contributed by atoms with E-state index in [4.69, 9.17) is 0 Å². The molecule has 1 aliphatic rings. The Hall–Kier alpha value is -0.0400. The highest BCUT2D eigenvalue weighted by Crippen LogP contribution is 2.28. The van der Waals surface area contributed by atoms with E-state index in [1.165, 1.54) is 19.3 Å². The van der Waals surface area contributed by atoms with Crippen LogP contribution in [0.3, 0.4) is 0 Å². The molecule has 1 N–H and O–H groups in total. The molecule has 0 spiro atoms. The van der Waals surface area contributed by atoms with Crippen LogP contribution < -0.4 is 5.32 Å². The van der Waals surface area contributed by atoms with Crippen LogP contribution in [0.2, 0.25) is 0 Å². The molecule has 0 bridgehead atoms. The third-order valence-electron chi connectivity index (χ3n) is 3.68. The second-order valence-corrected chi connectivity index (χ2v) is 5.81. The van der Waals surface area contributed by atoms with Gasteiger partial charge in [0.15, 0.2) is 0 Å². The van der Waals surface area contributed by atoms with Crippen molar-refractivity contribution in [3.8, 4) is 0 Å². The fourth-order valence-electron chi connectivity index (χ4n) is 2.65. The normalized spacial score (nSPS) is 36.0. The summed E-state index contributed by atoms with van der Waals surface area (Å²) in [6.07, 6.45) is 4.18. The summed E-state index contributed by atoms with van der Waals surface area (Å²) in [6.45, 7) is 11.7. The highest BCUT2D eigenvalue weighted by atomic mass is 15.0. The van der Waals surface area contributed by atoms with Crippen LogP contribution in [0.15, 0.2) is 0 Å². The lowest BCUT2D eigenvalue weighted by Crippen LogP contribution is -2.43. The zero-order chi connectivity index (χ0) is 10.7. The smallest absolute Gasteiger partial charge is 0.00747 e. The van der Waals surface area contributed by atoms with E-state index in [1.54, 1.807) is 0 Å². The molecule has 0 aromatic carbocycles. The maximum Gasteiger partial charge on any atom is 0.00747 e. The fraction of sp³-hybridized carbons (Fsp3) is 1.00.